The molecule has 7 heteroatoms. The summed E-state index contributed by atoms with van der Waals surface area (Å²) in [6.07, 6.45) is 0. The van der Waals surface area contributed by atoms with Gasteiger partial charge in [0.2, 0.25) is 5.91 Å². The van der Waals surface area contributed by atoms with Crippen LogP contribution in [-0.4, -0.2) is 21.6 Å². The van der Waals surface area contributed by atoms with Gasteiger partial charge in [-0.2, -0.15) is 0 Å². The van der Waals surface area contributed by atoms with E-state index in [9.17, 15) is 4.79 Å². The Bertz CT molecular complexity index is 1180. The van der Waals surface area contributed by atoms with Crippen LogP contribution in [0.1, 0.15) is 5.56 Å². The van der Waals surface area contributed by atoms with Crippen molar-refractivity contribution in [2.24, 2.45) is 0 Å². The molecule has 0 unspecified atom stereocenters. The van der Waals surface area contributed by atoms with Crippen molar-refractivity contribution in [3.05, 3.63) is 89.4 Å². The molecule has 31 heavy (non-hydrogen) atoms. The fourth-order valence-corrected chi connectivity index (χ4v) is 4.86. The molecule has 0 atom stereocenters. The van der Waals surface area contributed by atoms with Crippen molar-refractivity contribution in [3.8, 4) is 11.4 Å². The highest BCUT2D eigenvalue weighted by Gasteiger charge is 2.16. The number of hydrogen-bond acceptors (Lipinski definition) is 4. The van der Waals surface area contributed by atoms with E-state index in [0.717, 1.165) is 37.6 Å². The lowest BCUT2D eigenvalue weighted by atomic mass is 10.2. The van der Waals surface area contributed by atoms with E-state index in [2.05, 4.69) is 22.4 Å². The van der Waals surface area contributed by atoms with Gasteiger partial charge in [-0.25, -0.2) is 4.98 Å². The van der Waals surface area contributed by atoms with Gasteiger partial charge < -0.3 is 10.3 Å². The Morgan fingerprint density at radius 3 is 2.48 bits per heavy atom. The fraction of sp³-hybridized carbons (Fsp3) is 0.0833. The number of aryl methyl sites for hydroxylation is 1. The summed E-state index contributed by atoms with van der Waals surface area (Å²) in [5.74, 6) is 0.927. The SMILES string of the molecule is Cc1ccc(Cl)cc1NC(=O)CSc1nc(-c2ccccc2)[nH]c1Sc1ccccc1. The molecular formula is C24H20ClN3OS2. The topological polar surface area (TPSA) is 57.8 Å². The molecule has 1 aromatic heterocycles. The average molecular weight is 466 g/mol. The van der Waals surface area contributed by atoms with E-state index in [4.69, 9.17) is 16.6 Å². The Hall–Kier alpha value is -2.67. The van der Waals surface area contributed by atoms with Crippen LogP contribution < -0.4 is 5.32 Å². The van der Waals surface area contributed by atoms with Gasteiger partial charge in [-0.15, -0.1) is 0 Å². The third-order valence-corrected chi connectivity index (χ3v) is 6.81. The minimum atomic E-state index is -0.102. The van der Waals surface area contributed by atoms with Gasteiger partial charge in [-0.1, -0.05) is 89.7 Å². The number of H-pyrrole nitrogens is 1. The summed E-state index contributed by atoms with van der Waals surface area (Å²) < 4.78 is 0. The standard InChI is InChI=1S/C24H20ClN3OS2/c1-16-12-13-18(25)14-20(16)26-21(29)15-30-23-24(31-19-10-6-3-7-11-19)28-22(27-23)17-8-4-2-5-9-17/h2-14H,15H2,1H3,(H,26,29)(H,27,28). The van der Waals surface area contributed by atoms with E-state index in [0.29, 0.717) is 5.02 Å². The van der Waals surface area contributed by atoms with Crippen LogP contribution in [0.4, 0.5) is 5.69 Å². The van der Waals surface area contributed by atoms with Crippen molar-refractivity contribution in [1.29, 1.82) is 0 Å². The molecule has 0 spiro atoms. The Morgan fingerprint density at radius 1 is 1.03 bits per heavy atom. The second kappa shape index (κ2) is 10.1. The van der Waals surface area contributed by atoms with Gasteiger partial charge in [0.1, 0.15) is 15.9 Å². The molecule has 3 aromatic carbocycles. The van der Waals surface area contributed by atoms with E-state index in [1.165, 1.54) is 11.8 Å². The van der Waals surface area contributed by atoms with E-state index in [1.54, 1.807) is 17.8 Å². The summed E-state index contributed by atoms with van der Waals surface area (Å²) in [5.41, 5.74) is 2.70. The summed E-state index contributed by atoms with van der Waals surface area (Å²) >= 11 is 9.07. The monoisotopic (exact) mass is 465 g/mol. The summed E-state index contributed by atoms with van der Waals surface area (Å²) in [6.45, 7) is 1.94. The predicted octanol–water partition coefficient (Wildman–Crippen LogP) is 6.92. The molecule has 0 fully saturated rings. The number of imidazole rings is 1. The molecule has 4 aromatic rings. The maximum Gasteiger partial charge on any atom is 0.234 e. The molecule has 1 heterocycles. The molecule has 0 saturated heterocycles. The summed E-state index contributed by atoms with van der Waals surface area (Å²) in [4.78, 5) is 21.9. The maximum absolute atomic E-state index is 12.6. The Morgan fingerprint density at radius 2 is 1.74 bits per heavy atom. The van der Waals surface area contributed by atoms with Crippen molar-refractivity contribution in [1.82, 2.24) is 9.97 Å². The number of amides is 1. The van der Waals surface area contributed by atoms with Crippen molar-refractivity contribution >= 4 is 46.7 Å². The number of carbonyl (C=O) groups is 1. The number of aromatic nitrogens is 2. The third-order valence-electron chi connectivity index (χ3n) is 4.46. The van der Waals surface area contributed by atoms with Gasteiger partial charge in [0.15, 0.2) is 0 Å². The summed E-state index contributed by atoms with van der Waals surface area (Å²) in [7, 11) is 0. The number of nitrogens with one attached hydrogen (secondary N) is 2. The highest BCUT2D eigenvalue weighted by molar-refractivity contribution is 8.02. The summed E-state index contributed by atoms with van der Waals surface area (Å²) in [5, 5.41) is 5.25. The van der Waals surface area contributed by atoms with Gasteiger partial charge in [0, 0.05) is 21.2 Å². The summed E-state index contributed by atoms with van der Waals surface area (Å²) in [6, 6.07) is 25.5. The molecular weight excluding hydrogens is 446 g/mol. The predicted molar refractivity (Wildman–Crippen MR) is 130 cm³/mol. The first-order valence-corrected chi connectivity index (χ1v) is 11.8. The molecule has 0 radical (unpaired) electrons. The van der Waals surface area contributed by atoms with Crippen LogP contribution in [0.15, 0.2) is 93.8 Å². The largest absolute Gasteiger partial charge is 0.332 e. The quantitative estimate of drug-likeness (QED) is 0.291. The highest BCUT2D eigenvalue weighted by atomic mass is 35.5. The molecule has 1 amide bonds. The van der Waals surface area contributed by atoms with Crippen LogP contribution in [-0.2, 0) is 4.79 Å². The van der Waals surface area contributed by atoms with Crippen LogP contribution in [0, 0.1) is 6.92 Å². The van der Waals surface area contributed by atoms with Crippen LogP contribution >= 0.6 is 35.1 Å². The van der Waals surface area contributed by atoms with Gasteiger partial charge in [-0.05, 0) is 36.8 Å². The average Bonchev–Trinajstić information content (AvgIpc) is 3.19. The number of carbonyl (C=O) groups excluding carboxylic acids is 1. The number of benzene rings is 3. The van der Waals surface area contributed by atoms with Crippen molar-refractivity contribution in [3.63, 3.8) is 0 Å². The Kier molecular flexibility index (Phi) is 7.02. The van der Waals surface area contributed by atoms with Gasteiger partial charge in [0.25, 0.3) is 0 Å². The van der Waals surface area contributed by atoms with Crippen molar-refractivity contribution in [2.45, 2.75) is 21.9 Å². The number of hydrogen-bond donors (Lipinski definition) is 2. The molecule has 2 N–H and O–H groups in total. The minimum Gasteiger partial charge on any atom is -0.332 e. The van der Waals surface area contributed by atoms with E-state index in [-0.39, 0.29) is 11.7 Å². The van der Waals surface area contributed by atoms with Gasteiger partial charge in [0.05, 0.1) is 5.75 Å². The van der Waals surface area contributed by atoms with Crippen molar-refractivity contribution in [2.75, 3.05) is 11.1 Å². The highest BCUT2D eigenvalue weighted by Crippen LogP contribution is 2.36. The first-order valence-electron chi connectivity index (χ1n) is 9.65. The second-order valence-corrected chi connectivity index (χ2v) is 9.28. The number of nitrogens with zero attached hydrogens (tertiary/aromatic N) is 1. The van der Waals surface area contributed by atoms with Gasteiger partial charge >= 0.3 is 0 Å². The molecule has 0 aliphatic heterocycles. The molecule has 4 rings (SSSR count). The number of anilines is 1. The smallest absolute Gasteiger partial charge is 0.234 e. The Labute approximate surface area is 194 Å². The van der Waals surface area contributed by atoms with Crippen LogP contribution in [0.25, 0.3) is 11.4 Å². The van der Waals surface area contributed by atoms with E-state index >= 15 is 0 Å². The van der Waals surface area contributed by atoms with Crippen molar-refractivity contribution < 1.29 is 4.79 Å². The fourth-order valence-electron chi connectivity index (χ4n) is 2.90. The first kappa shape index (κ1) is 21.6. The molecule has 4 nitrogen and oxygen atoms in total. The number of thioether (sulfide) groups is 1. The van der Waals surface area contributed by atoms with E-state index < -0.39 is 0 Å². The van der Waals surface area contributed by atoms with Gasteiger partial charge in [-0.3, -0.25) is 4.79 Å². The lowest BCUT2D eigenvalue weighted by Crippen LogP contribution is -2.14. The molecule has 0 aliphatic rings. The van der Waals surface area contributed by atoms with Crippen LogP contribution in [0.3, 0.4) is 0 Å². The van der Waals surface area contributed by atoms with Crippen LogP contribution in [0.2, 0.25) is 5.02 Å². The number of aromatic amines is 1. The van der Waals surface area contributed by atoms with Crippen LogP contribution in [0.5, 0.6) is 0 Å². The first-order chi connectivity index (χ1) is 15.1. The number of rotatable bonds is 7. The minimum absolute atomic E-state index is 0.102. The Balaban J connectivity index is 1.52. The third kappa shape index (κ3) is 5.73. The molecule has 0 bridgehead atoms. The number of halogens is 1. The maximum atomic E-state index is 12.6. The lowest BCUT2D eigenvalue weighted by Gasteiger charge is -2.08. The zero-order chi connectivity index (χ0) is 21.6. The second-order valence-electron chi connectivity index (χ2n) is 6.80. The zero-order valence-corrected chi connectivity index (χ0v) is 19.2. The lowest BCUT2D eigenvalue weighted by molar-refractivity contribution is -0.113. The zero-order valence-electron chi connectivity index (χ0n) is 16.8. The molecule has 0 saturated carbocycles. The molecule has 156 valence electrons. The van der Waals surface area contributed by atoms with E-state index in [1.807, 2.05) is 67.6 Å². The molecule has 0 aliphatic carbocycles. The normalized spacial score (nSPS) is 10.8.